The first-order valence-corrected chi connectivity index (χ1v) is 9.97. The number of carbonyl (C=O) groups is 1. The lowest BCUT2D eigenvalue weighted by Gasteiger charge is -2.13. The number of carbonyl (C=O) groups excluding carboxylic acids is 1. The van der Waals surface area contributed by atoms with Gasteiger partial charge >= 0.3 is 0 Å². The molecule has 1 saturated heterocycles. The van der Waals surface area contributed by atoms with Crippen molar-refractivity contribution in [2.75, 3.05) is 17.8 Å². The molecular formula is C16H21N5O3S. The van der Waals surface area contributed by atoms with E-state index >= 15 is 0 Å². The molecule has 2 fully saturated rings. The van der Waals surface area contributed by atoms with Crippen molar-refractivity contribution in [2.24, 2.45) is 7.05 Å². The number of nitrogens with one attached hydrogen (secondary N) is 2. The molecule has 1 saturated carbocycles. The van der Waals surface area contributed by atoms with Gasteiger partial charge in [0.15, 0.2) is 5.82 Å². The van der Waals surface area contributed by atoms with Crippen molar-refractivity contribution in [3.8, 4) is 0 Å². The summed E-state index contributed by atoms with van der Waals surface area (Å²) >= 11 is 0. The molecule has 2 aliphatic rings. The van der Waals surface area contributed by atoms with Crippen LogP contribution in [0.1, 0.15) is 47.8 Å². The molecule has 1 aliphatic carbocycles. The second-order valence-electron chi connectivity index (χ2n) is 6.71. The minimum atomic E-state index is -3.79. The van der Waals surface area contributed by atoms with E-state index in [1.165, 1.54) is 12.3 Å². The summed E-state index contributed by atoms with van der Waals surface area (Å²) in [7, 11) is -1.97. The van der Waals surface area contributed by atoms with Crippen LogP contribution in [0.15, 0.2) is 23.2 Å². The SMILES string of the molecule is Cn1nc(NS(=O)(=O)c2c[nH]c(C(=O)N3CCCC3)c2)cc1C1CC1. The maximum atomic E-state index is 12.6. The van der Waals surface area contributed by atoms with Crippen LogP contribution < -0.4 is 4.72 Å². The van der Waals surface area contributed by atoms with E-state index in [2.05, 4.69) is 14.8 Å². The molecule has 9 heteroatoms. The number of hydrogen-bond acceptors (Lipinski definition) is 4. The highest BCUT2D eigenvalue weighted by Crippen LogP contribution is 2.40. The molecule has 0 spiro atoms. The fraction of sp³-hybridized carbons (Fsp3) is 0.500. The number of amides is 1. The topological polar surface area (TPSA) is 100 Å². The van der Waals surface area contributed by atoms with E-state index in [1.54, 1.807) is 15.6 Å². The van der Waals surface area contributed by atoms with E-state index in [0.29, 0.717) is 17.4 Å². The minimum Gasteiger partial charge on any atom is -0.356 e. The highest BCUT2D eigenvalue weighted by atomic mass is 32.2. The maximum absolute atomic E-state index is 12.6. The number of anilines is 1. The monoisotopic (exact) mass is 363 g/mol. The molecule has 1 aliphatic heterocycles. The Hall–Kier alpha value is -2.29. The van der Waals surface area contributed by atoms with Crippen molar-refractivity contribution in [3.05, 3.63) is 29.7 Å². The zero-order valence-corrected chi connectivity index (χ0v) is 14.8. The van der Waals surface area contributed by atoms with Crippen LogP contribution in [-0.4, -0.2) is 47.1 Å². The molecular weight excluding hydrogens is 342 g/mol. The molecule has 2 aromatic rings. The van der Waals surface area contributed by atoms with E-state index in [9.17, 15) is 13.2 Å². The molecule has 25 heavy (non-hydrogen) atoms. The summed E-state index contributed by atoms with van der Waals surface area (Å²) in [6, 6.07) is 3.16. The molecule has 0 radical (unpaired) electrons. The van der Waals surface area contributed by atoms with E-state index < -0.39 is 10.0 Å². The van der Waals surface area contributed by atoms with Crippen molar-refractivity contribution < 1.29 is 13.2 Å². The molecule has 0 atom stereocenters. The Bertz CT molecular complexity index is 904. The number of aromatic nitrogens is 3. The van der Waals surface area contributed by atoms with E-state index in [1.807, 2.05) is 7.05 Å². The van der Waals surface area contributed by atoms with E-state index in [0.717, 1.165) is 44.5 Å². The lowest BCUT2D eigenvalue weighted by molar-refractivity contribution is 0.0787. The summed E-state index contributed by atoms with van der Waals surface area (Å²) in [6.07, 6.45) is 5.55. The van der Waals surface area contributed by atoms with Crippen LogP contribution in [0, 0.1) is 0 Å². The van der Waals surface area contributed by atoms with Gasteiger partial charge in [0.1, 0.15) is 10.6 Å². The molecule has 4 rings (SSSR count). The molecule has 3 heterocycles. The first kappa shape index (κ1) is 16.2. The van der Waals surface area contributed by atoms with Gasteiger partial charge in [-0.15, -0.1) is 0 Å². The second-order valence-corrected chi connectivity index (χ2v) is 8.39. The number of aromatic amines is 1. The summed E-state index contributed by atoms with van der Waals surface area (Å²) in [5, 5.41) is 4.23. The number of aryl methyl sites for hydroxylation is 1. The largest absolute Gasteiger partial charge is 0.356 e. The van der Waals surface area contributed by atoms with Gasteiger partial charge in [0.2, 0.25) is 0 Å². The van der Waals surface area contributed by atoms with E-state index in [-0.39, 0.29) is 10.8 Å². The average Bonchev–Trinajstić information content (AvgIpc) is 3.00. The van der Waals surface area contributed by atoms with Gasteiger partial charge in [-0.2, -0.15) is 5.10 Å². The smallest absolute Gasteiger partial charge is 0.270 e. The quantitative estimate of drug-likeness (QED) is 0.844. The zero-order valence-electron chi connectivity index (χ0n) is 14.0. The van der Waals surface area contributed by atoms with Crippen molar-refractivity contribution in [3.63, 3.8) is 0 Å². The van der Waals surface area contributed by atoms with Gasteiger partial charge in [0, 0.05) is 44.0 Å². The van der Waals surface area contributed by atoms with Gasteiger partial charge < -0.3 is 9.88 Å². The molecule has 8 nitrogen and oxygen atoms in total. The van der Waals surface area contributed by atoms with Crippen LogP contribution >= 0.6 is 0 Å². The molecule has 2 aromatic heterocycles. The number of hydrogen-bond donors (Lipinski definition) is 2. The highest BCUT2D eigenvalue weighted by molar-refractivity contribution is 7.92. The number of H-pyrrole nitrogens is 1. The van der Waals surface area contributed by atoms with Gasteiger partial charge in [-0.05, 0) is 31.7 Å². The first-order chi connectivity index (χ1) is 11.9. The highest BCUT2D eigenvalue weighted by Gasteiger charge is 2.28. The third-order valence-electron chi connectivity index (χ3n) is 4.74. The number of nitrogens with zero attached hydrogens (tertiary/aromatic N) is 3. The molecule has 0 unspecified atom stereocenters. The molecule has 1 amide bonds. The standard InChI is InChI=1S/C16H21N5O3S/c1-20-14(11-4-5-11)9-15(18-20)19-25(23,24)12-8-13(17-10-12)16(22)21-6-2-3-7-21/h8-11,17H,2-7H2,1H3,(H,18,19). The summed E-state index contributed by atoms with van der Waals surface area (Å²) < 4.78 is 29.3. The Morgan fingerprint density at radius 3 is 2.68 bits per heavy atom. The fourth-order valence-electron chi connectivity index (χ4n) is 3.23. The predicted molar refractivity (Wildman–Crippen MR) is 91.9 cm³/mol. The number of sulfonamides is 1. The lowest BCUT2D eigenvalue weighted by atomic mass is 10.3. The lowest BCUT2D eigenvalue weighted by Crippen LogP contribution is -2.27. The van der Waals surface area contributed by atoms with Gasteiger partial charge in [0.25, 0.3) is 15.9 Å². The Labute approximate surface area is 146 Å². The van der Waals surface area contributed by atoms with Crippen LogP contribution in [0.3, 0.4) is 0 Å². The van der Waals surface area contributed by atoms with Crippen molar-refractivity contribution >= 4 is 21.7 Å². The third-order valence-corrected chi connectivity index (χ3v) is 6.08. The van der Waals surface area contributed by atoms with Gasteiger partial charge in [0.05, 0.1) is 0 Å². The average molecular weight is 363 g/mol. The van der Waals surface area contributed by atoms with Crippen molar-refractivity contribution in [2.45, 2.75) is 36.5 Å². The van der Waals surface area contributed by atoms with E-state index in [4.69, 9.17) is 0 Å². The Kier molecular flexibility index (Phi) is 3.82. The first-order valence-electron chi connectivity index (χ1n) is 8.48. The van der Waals surface area contributed by atoms with Gasteiger partial charge in [-0.1, -0.05) is 0 Å². The molecule has 0 bridgehead atoms. The second kappa shape index (κ2) is 5.91. The Morgan fingerprint density at radius 1 is 1.28 bits per heavy atom. The van der Waals surface area contributed by atoms with Gasteiger partial charge in [-0.25, -0.2) is 8.42 Å². The van der Waals surface area contributed by atoms with Crippen molar-refractivity contribution in [1.82, 2.24) is 19.7 Å². The van der Waals surface area contributed by atoms with Crippen LogP contribution in [0.4, 0.5) is 5.82 Å². The molecule has 0 aromatic carbocycles. The van der Waals surface area contributed by atoms with Crippen LogP contribution in [0.25, 0.3) is 0 Å². The maximum Gasteiger partial charge on any atom is 0.270 e. The zero-order chi connectivity index (χ0) is 17.6. The predicted octanol–water partition coefficient (Wildman–Crippen LogP) is 1.66. The van der Waals surface area contributed by atoms with Crippen LogP contribution in [0.2, 0.25) is 0 Å². The normalized spacial score (nSPS) is 17.9. The van der Waals surface area contributed by atoms with Crippen LogP contribution in [0.5, 0.6) is 0 Å². The minimum absolute atomic E-state index is 0.0358. The number of rotatable bonds is 5. The third kappa shape index (κ3) is 3.15. The Morgan fingerprint density at radius 2 is 2.00 bits per heavy atom. The van der Waals surface area contributed by atoms with Crippen LogP contribution in [-0.2, 0) is 17.1 Å². The molecule has 2 N–H and O–H groups in total. The summed E-state index contributed by atoms with van der Waals surface area (Å²) in [5.41, 5.74) is 1.33. The number of likely N-dealkylation sites (tertiary alicyclic amines) is 1. The Balaban J connectivity index is 1.52. The summed E-state index contributed by atoms with van der Waals surface area (Å²) in [5.74, 6) is 0.624. The van der Waals surface area contributed by atoms with Gasteiger partial charge in [-0.3, -0.25) is 14.2 Å². The fourth-order valence-corrected chi connectivity index (χ4v) is 4.21. The summed E-state index contributed by atoms with van der Waals surface area (Å²) in [4.78, 5) is 16.9. The summed E-state index contributed by atoms with van der Waals surface area (Å²) in [6.45, 7) is 1.44. The molecule has 134 valence electrons. The van der Waals surface area contributed by atoms with Crippen molar-refractivity contribution in [1.29, 1.82) is 0 Å².